The fourth-order valence-corrected chi connectivity index (χ4v) is 6.63. The van der Waals surface area contributed by atoms with E-state index in [0.717, 1.165) is 19.4 Å². The molecule has 0 radical (unpaired) electrons. The van der Waals surface area contributed by atoms with Crippen molar-refractivity contribution in [2.45, 2.75) is 51.2 Å². The maximum absolute atomic E-state index is 14.8. The first kappa shape index (κ1) is 25.5. The first-order chi connectivity index (χ1) is 19.0. The summed E-state index contributed by atoms with van der Waals surface area (Å²) < 4.78 is 14.8. The first-order valence-electron chi connectivity index (χ1n) is 14.0. The molecular weight excluding hydrogens is 483 g/mol. The summed E-state index contributed by atoms with van der Waals surface area (Å²) in [6.07, 6.45) is 1.60. The topological polar surface area (TPSA) is 23.6 Å². The van der Waals surface area contributed by atoms with Crippen LogP contribution < -0.4 is 0 Å². The molecule has 0 saturated carbocycles. The van der Waals surface area contributed by atoms with Crippen LogP contribution in [-0.2, 0) is 24.2 Å². The van der Waals surface area contributed by atoms with E-state index in [2.05, 4.69) is 91.5 Å². The van der Waals surface area contributed by atoms with Gasteiger partial charge in [0.1, 0.15) is 5.82 Å². The normalized spacial score (nSPS) is 18.9. The Bertz CT molecular complexity index is 1470. The smallest absolute Gasteiger partial charge is 0.237 e. The summed E-state index contributed by atoms with van der Waals surface area (Å²) in [6, 6.07) is 32.4. The number of hydrogen-bond acceptors (Lipinski definition) is 2. The van der Waals surface area contributed by atoms with Gasteiger partial charge in [-0.3, -0.25) is 9.69 Å². The lowest BCUT2D eigenvalue weighted by atomic mass is 9.82. The molecule has 3 nitrogen and oxygen atoms in total. The molecule has 39 heavy (non-hydrogen) atoms. The SMILES string of the molecule is Cc1ccccc1[C@@H]1c2ccccc2[C@H](C)CN1CC(=O)N(Cc1ccccc1F)C1Cc2ccccc2C1. The van der Waals surface area contributed by atoms with E-state index in [9.17, 15) is 9.18 Å². The summed E-state index contributed by atoms with van der Waals surface area (Å²) in [4.78, 5) is 18.6. The minimum absolute atomic E-state index is 0.00126. The second-order valence-electron chi connectivity index (χ2n) is 11.2. The largest absolute Gasteiger partial charge is 0.333 e. The zero-order valence-electron chi connectivity index (χ0n) is 22.7. The van der Waals surface area contributed by atoms with E-state index in [0.29, 0.717) is 18.0 Å². The number of hydrogen-bond donors (Lipinski definition) is 0. The van der Waals surface area contributed by atoms with Crippen molar-refractivity contribution in [3.05, 3.63) is 142 Å². The van der Waals surface area contributed by atoms with Crippen molar-refractivity contribution in [3.8, 4) is 0 Å². The van der Waals surface area contributed by atoms with Crippen molar-refractivity contribution in [3.63, 3.8) is 0 Å². The zero-order valence-corrected chi connectivity index (χ0v) is 22.7. The summed E-state index contributed by atoms with van der Waals surface area (Å²) in [5, 5.41) is 0. The molecule has 0 bridgehead atoms. The molecule has 1 amide bonds. The van der Waals surface area contributed by atoms with Gasteiger partial charge in [-0.05, 0) is 65.1 Å². The van der Waals surface area contributed by atoms with Gasteiger partial charge in [0.25, 0.3) is 0 Å². The number of carbonyl (C=O) groups excluding carboxylic acids is 1. The molecule has 0 fully saturated rings. The van der Waals surface area contributed by atoms with Crippen LogP contribution in [0.2, 0.25) is 0 Å². The average Bonchev–Trinajstić information content (AvgIpc) is 3.37. The summed E-state index contributed by atoms with van der Waals surface area (Å²) in [5.74, 6) is 0.107. The van der Waals surface area contributed by atoms with Crippen LogP contribution in [-0.4, -0.2) is 34.8 Å². The van der Waals surface area contributed by atoms with Crippen molar-refractivity contribution in [2.75, 3.05) is 13.1 Å². The minimum atomic E-state index is -0.260. The van der Waals surface area contributed by atoms with E-state index in [1.165, 1.54) is 39.4 Å². The zero-order chi connectivity index (χ0) is 26.9. The molecule has 0 N–H and O–H groups in total. The van der Waals surface area contributed by atoms with Gasteiger partial charge in [0.05, 0.1) is 12.6 Å². The van der Waals surface area contributed by atoms with Gasteiger partial charge < -0.3 is 4.90 Å². The Kier molecular flexibility index (Phi) is 7.05. The molecular formula is C35H35FN2O. The molecule has 4 aromatic carbocycles. The second kappa shape index (κ2) is 10.8. The number of fused-ring (bicyclic) bond motifs is 2. The van der Waals surface area contributed by atoms with E-state index in [1.807, 2.05) is 11.0 Å². The predicted octanol–water partition coefficient (Wildman–Crippen LogP) is 6.84. The molecule has 1 aliphatic carbocycles. The van der Waals surface area contributed by atoms with Crippen LogP contribution in [0.1, 0.15) is 57.8 Å². The monoisotopic (exact) mass is 518 g/mol. The number of amides is 1. The van der Waals surface area contributed by atoms with Crippen molar-refractivity contribution in [1.82, 2.24) is 9.80 Å². The Morgan fingerprint density at radius 1 is 0.821 bits per heavy atom. The lowest BCUT2D eigenvalue weighted by molar-refractivity contribution is -0.136. The second-order valence-corrected chi connectivity index (χ2v) is 11.2. The number of benzene rings is 4. The molecule has 0 spiro atoms. The molecule has 0 saturated heterocycles. The van der Waals surface area contributed by atoms with Gasteiger partial charge in [0, 0.05) is 24.7 Å². The fourth-order valence-electron chi connectivity index (χ4n) is 6.63. The average molecular weight is 519 g/mol. The molecule has 6 rings (SSSR count). The number of halogens is 1. The molecule has 2 atom stereocenters. The number of rotatable bonds is 6. The molecule has 198 valence electrons. The van der Waals surface area contributed by atoms with Crippen LogP contribution in [0.4, 0.5) is 4.39 Å². The van der Waals surface area contributed by atoms with E-state index in [4.69, 9.17) is 0 Å². The Morgan fingerprint density at radius 3 is 2.10 bits per heavy atom. The van der Waals surface area contributed by atoms with Crippen molar-refractivity contribution >= 4 is 5.91 Å². The highest BCUT2D eigenvalue weighted by atomic mass is 19.1. The van der Waals surface area contributed by atoms with Crippen LogP contribution in [0, 0.1) is 12.7 Å². The maximum Gasteiger partial charge on any atom is 0.237 e. The van der Waals surface area contributed by atoms with E-state index in [1.54, 1.807) is 12.1 Å². The van der Waals surface area contributed by atoms with Crippen LogP contribution in [0.15, 0.2) is 97.1 Å². The number of aryl methyl sites for hydroxylation is 1. The standard InChI is InChI=1S/C35H35FN2O/c1-24-11-3-7-16-31(24)35-32-17-9-8-15-30(32)25(2)21-37(35)23-34(39)38(22-28-14-6-10-18-33(28)36)29-19-26-12-4-5-13-27(26)20-29/h3-18,25,29,35H,19-23H2,1-2H3/t25-,35-/m1/s1. The van der Waals surface area contributed by atoms with E-state index >= 15 is 0 Å². The molecule has 0 aromatic heterocycles. The van der Waals surface area contributed by atoms with Crippen molar-refractivity contribution in [2.24, 2.45) is 0 Å². The highest BCUT2D eigenvalue weighted by Gasteiger charge is 2.37. The van der Waals surface area contributed by atoms with Crippen LogP contribution in [0.3, 0.4) is 0 Å². The lowest BCUT2D eigenvalue weighted by Gasteiger charge is -2.42. The van der Waals surface area contributed by atoms with Crippen LogP contribution in [0.25, 0.3) is 0 Å². The predicted molar refractivity (Wildman–Crippen MR) is 154 cm³/mol. The third-order valence-corrected chi connectivity index (χ3v) is 8.61. The quantitative estimate of drug-likeness (QED) is 0.279. The Morgan fingerprint density at radius 2 is 1.41 bits per heavy atom. The van der Waals surface area contributed by atoms with Crippen molar-refractivity contribution < 1.29 is 9.18 Å². The lowest BCUT2D eigenvalue weighted by Crippen LogP contribution is -2.48. The summed E-state index contributed by atoms with van der Waals surface area (Å²) in [6.45, 7) is 5.75. The highest BCUT2D eigenvalue weighted by molar-refractivity contribution is 5.79. The Hall–Kier alpha value is -3.76. The minimum Gasteiger partial charge on any atom is -0.333 e. The fraction of sp³-hybridized carbons (Fsp3) is 0.286. The van der Waals surface area contributed by atoms with Gasteiger partial charge in [-0.25, -0.2) is 4.39 Å². The molecule has 2 aliphatic rings. The number of nitrogens with zero attached hydrogens (tertiary/aromatic N) is 2. The molecule has 0 unspecified atom stereocenters. The third kappa shape index (κ3) is 5.02. The maximum atomic E-state index is 14.8. The molecule has 4 heteroatoms. The van der Waals surface area contributed by atoms with Gasteiger partial charge in [-0.15, -0.1) is 0 Å². The number of carbonyl (C=O) groups is 1. The summed E-state index contributed by atoms with van der Waals surface area (Å²) in [5.41, 5.74) is 8.21. The van der Waals surface area contributed by atoms with Gasteiger partial charge in [-0.1, -0.05) is 97.9 Å². The van der Waals surface area contributed by atoms with Gasteiger partial charge in [0.2, 0.25) is 5.91 Å². The van der Waals surface area contributed by atoms with Crippen LogP contribution in [0.5, 0.6) is 0 Å². The van der Waals surface area contributed by atoms with E-state index in [-0.39, 0.29) is 30.4 Å². The first-order valence-corrected chi connectivity index (χ1v) is 14.0. The summed E-state index contributed by atoms with van der Waals surface area (Å²) in [7, 11) is 0. The van der Waals surface area contributed by atoms with E-state index < -0.39 is 0 Å². The van der Waals surface area contributed by atoms with Gasteiger partial charge in [-0.2, -0.15) is 0 Å². The van der Waals surface area contributed by atoms with Crippen molar-refractivity contribution in [1.29, 1.82) is 0 Å². The van der Waals surface area contributed by atoms with Gasteiger partial charge in [0.15, 0.2) is 0 Å². The van der Waals surface area contributed by atoms with Gasteiger partial charge >= 0.3 is 0 Å². The summed E-state index contributed by atoms with van der Waals surface area (Å²) >= 11 is 0. The van der Waals surface area contributed by atoms with Crippen LogP contribution >= 0.6 is 0 Å². The molecule has 1 heterocycles. The third-order valence-electron chi connectivity index (χ3n) is 8.61. The Labute approximate surface area is 230 Å². The highest BCUT2D eigenvalue weighted by Crippen LogP contribution is 2.41. The molecule has 4 aromatic rings. The Balaban J connectivity index is 1.34. The molecule has 1 aliphatic heterocycles.